The molecule has 0 aromatic heterocycles. The first kappa shape index (κ1) is 22.3. The van der Waals surface area contributed by atoms with Crippen molar-refractivity contribution in [2.45, 2.75) is 51.4 Å². The number of hydrogen-bond donors (Lipinski definition) is 0. The standard InChI is InChI=1S/2C8H12O3/c2*9-5-3-1-2-4-8(6-10)7-11/h2*5-8H,1-4H2. The normalized spacial score (nSPS) is 9.55. The van der Waals surface area contributed by atoms with Crippen LogP contribution in [0.5, 0.6) is 0 Å². The highest BCUT2D eigenvalue weighted by molar-refractivity contribution is 5.77. The van der Waals surface area contributed by atoms with Gasteiger partial charge in [0.15, 0.2) is 0 Å². The average Bonchev–Trinajstić information content (AvgIpc) is 2.56. The largest absolute Gasteiger partial charge is 0.303 e. The van der Waals surface area contributed by atoms with Gasteiger partial charge in [0.05, 0.1) is 11.8 Å². The molecule has 0 fully saturated rings. The Labute approximate surface area is 130 Å². The van der Waals surface area contributed by atoms with Gasteiger partial charge < -0.3 is 28.8 Å². The third-order valence-electron chi connectivity index (χ3n) is 2.92. The number of carbonyl (C=O) groups is 6. The molecule has 0 unspecified atom stereocenters. The highest BCUT2D eigenvalue weighted by atomic mass is 16.1. The molecule has 22 heavy (non-hydrogen) atoms. The van der Waals surface area contributed by atoms with Gasteiger partial charge >= 0.3 is 0 Å². The molecule has 0 heterocycles. The van der Waals surface area contributed by atoms with Gasteiger partial charge in [-0.15, -0.1) is 0 Å². The average molecular weight is 312 g/mol. The van der Waals surface area contributed by atoms with E-state index in [-0.39, 0.29) is 0 Å². The second kappa shape index (κ2) is 19.0. The van der Waals surface area contributed by atoms with Gasteiger partial charge in [-0.05, 0) is 25.7 Å². The van der Waals surface area contributed by atoms with Crippen LogP contribution in [0.2, 0.25) is 0 Å². The van der Waals surface area contributed by atoms with E-state index in [1.54, 1.807) is 0 Å². The second-order valence-electron chi connectivity index (χ2n) is 4.77. The Hall–Kier alpha value is -1.98. The Morgan fingerprint density at radius 1 is 0.500 bits per heavy atom. The zero-order chi connectivity index (χ0) is 17.1. The monoisotopic (exact) mass is 312 g/mol. The summed E-state index contributed by atoms with van der Waals surface area (Å²) in [6, 6.07) is 0. The molecule has 0 N–H and O–H groups in total. The zero-order valence-electron chi connectivity index (χ0n) is 12.7. The van der Waals surface area contributed by atoms with Crippen molar-refractivity contribution in [3.63, 3.8) is 0 Å². The van der Waals surface area contributed by atoms with Crippen molar-refractivity contribution >= 4 is 37.7 Å². The van der Waals surface area contributed by atoms with E-state index in [0.717, 1.165) is 38.3 Å². The minimum absolute atomic E-state index is 0.471. The maximum absolute atomic E-state index is 10.1. The summed E-state index contributed by atoms with van der Waals surface area (Å²) in [7, 11) is 0. The molecule has 6 nitrogen and oxygen atoms in total. The van der Waals surface area contributed by atoms with Gasteiger partial charge in [-0.25, -0.2) is 0 Å². The summed E-state index contributed by atoms with van der Waals surface area (Å²) >= 11 is 0. The molecule has 0 atom stereocenters. The van der Waals surface area contributed by atoms with Crippen molar-refractivity contribution in [3.8, 4) is 0 Å². The lowest BCUT2D eigenvalue weighted by Gasteiger charge is -1.98. The first-order valence-electron chi connectivity index (χ1n) is 7.38. The summed E-state index contributed by atoms with van der Waals surface area (Å²) in [5.74, 6) is -0.941. The lowest BCUT2D eigenvalue weighted by Crippen LogP contribution is -2.02. The number of hydrogen-bond acceptors (Lipinski definition) is 6. The van der Waals surface area contributed by atoms with Crippen LogP contribution in [0.3, 0.4) is 0 Å². The molecule has 0 aromatic carbocycles. The van der Waals surface area contributed by atoms with E-state index >= 15 is 0 Å². The van der Waals surface area contributed by atoms with E-state index in [2.05, 4.69) is 0 Å². The molecule has 0 saturated heterocycles. The van der Waals surface area contributed by atoms with E-state index in [0.29, 0.717) is 50.8 Å². The van der Waals surface area contributed by atoms with Gasteiger partial charge in [0.1, 0.15) is 37.7 Å². The van der Waals surface area contributed by atoms with Gasteiger partial charge in [-0.2, -0.15) is 0 Å². The first-order valence-corrected chi connectivity index (χ1v) is 7.38. The smallest absolute Gasteiger partial charge is 0.130 e. The van der Waals surface area contributed by atoms with Gasteiger partial charge in [0.25, 0.3) is 0 Å². The summed E-state index contributed by atoms with van der Waals surface area (Å²) in [5, 5.41) is 0. The van der Waals surface area contributed by atoms with Gasteiger partial charge in [-0.1, -0.05) is 12.8 Å². The van der Waals surface area contributed by atoms with Crippen LogP contribution in [-0.2, 0) is 28.8 Å². The summed E-state index contributed by atoms with van der Waals surface area (Å²) < 4.78 is 0. The van der Waals surface area contributed by atoms with Crippen LogP contribution < -0.4 is 0 Å². The third kappa shape index (κ3) is 16.1. The Bertz CT molecular complexity index is 279. The fourth-order valence-corrected chi connectivity index (χ4v) is 1.55. The van der Waals surface area contributed by atoms with Crippen LogP contribution >= 0.6 is 0 Å². The van der Waals surface area contributed by atoms with Crippen molar-refractivity contribution in [2.75, 3.05) is 0 Å². The van der Waals surface area contributed by atoms with Gasteiger partial charge in [0, 0.05) is 12.8 Å². The van der Waals surface area contributed by atoms with Crippen molar-refractivity contribution in [1.82, 2.24) is 0 Å². The van der Waals surface area contributed by atoms with E-state index in [1.807, 2.05) is 0 Å². The molecular formula is C16H24O6. The lowest BCUT2D eigenvalue weighted by atomic mass is 10.0. The zero-order valence-corrected chi connectivity index (χ0v) is 12.7. The fourth-order valence-electron chi connectivity index (χ4n) is 1.55. The van der Waals surface area contributed by atoms with Crippen molar-refractivity contribution < 1.29 is 28.8 Å². The molecule has 0 amide bonds. The summed E-state index contributed by atoms with van der Waals surface area (Å²) in [5.41, 5.74) is 0. The summed E-state index contributed by atoms with van der Waals surface area (Å²) in [6.45, 7) is 0. The summed E-state index contributed by atoms with van der Waals surface area (Å²) in [6.07, 6.45) is 9.51. The third-order valence-corrected chi connectivity index (χ3v) is 2.92. The van der Waals surface area contributed by atoms with Gasteiger partial charge in [-0.3, -0.25) is 0 Å². The molecule has 0 aliphatic carbocycles. The SMILES string of the molecule is O=CCCCCC(C=O)C=O.O=CCCCCC(C=O)C=O. The van der Waals surface area contributed by atoms with Crippen LogP contribution in [-0.4, -0.2) is 37.7 Å². The highest BCUT2D eigenvalue weighted by Crippen LogP contribution is 2.05. The minimum Gasteiger partial charge on any atom is -0.303 e. The maximum Gasteiger partial charge on any atom is 0.130 e. The van der Waals surface area contributed by atoms with Crippen LogP contribution in [0, 0.1) is 11.8 Å². The second-order valence-corrected chi connectivity index (χ2v) is 4.77. The molecule has 0 spiro atoms. The quantitative estimate of drug-likeness (QED) is 0.274. The van der Waals surface area contributed by atoms with Crippen LogP contribution in [0.25, 0.3) is 0 Å². The van der Waals surface area contributed by atoms with Gasteiger partial charge in [0.2, 0.25) is 0 Å². The van der Waals surface area contributed by atoms with Crippen LogP contribution in [0.1, 0.15) is 51.4 Å². The molecule has 0 saturated carbocycles. The summed E-state index contributed by atoms with van der Waals surface area (Å²) in [4.78, 5) is 60.1. The number of rotatable bonds is 14. The molecule has 0 aromatic rings. The highest BCUT2D eigenvalue weighted by Gasteiger charge is 2.04. The Kier molecular flexibility index (Phi) is 19.3. The van der Waals surface area contributed by atoms with Crippen molar-refractivity contribution in [2.24, 2.45) is 11.8 Å². The maximum atomic E-state index is 10.1. The van der Waals surface area contributed by atoms with E-state index < -0.39 is 11.8 Å². The number of aldehydes is 6. The minimum atomic E-state index is -0.471. The molecule has 0 rings (SSSR count). The number of carbonyl (C=O) groups excluding carboxylic acids is 6. The van der Waals surface area contributed by atoms with E-state index in [4.69, 9.17) is 0 Å². The molecule has 0 aliphatic rings. The fraction of sp³-hybridized carbons (Fsp3) is 0.625. The predicted molar refractivity (Wildman–Crippen MR) is 80.3 cm³/mol. The molecule has 6 heteroatoms. The Morgan fingerprint density at radius 3 is 1.05 bits per heavy atom. The topological polar surface area (TPSA) is 102 Å². The Morgan fingerprint density at radius 2 is 0.818 bits per heavy atom. The molecule has 0 bridgehead atoms. The number of unbranched alkanes of at least 4 members (excludes halogenated alkanes) is 4. The van der Waals surface area contributed by atoms with E-state index in [9.17, 15) is 28.8 Å². The van der Waals surface area contributed by atoms with Crippen LogP contribution in [0.15, 0.2) is 0 Å². The molecular weight excluding hydrogens is 288 g/mol. The molecule has 0 aliphatic heterocycles. The van der Waals surface area contributed by atoms with Crippen molar-refractivity contribution in [3.05, 3.63) is 0 Å². The van der Waals surface area contributed by atoms with Crippen molar-refractivity contribution in [1.29, 1.82) is 0 Å². The molecule has 124 valence electrons. The predicted octanol–water partition coefficient (Wildman–Crippen LogP) is 1.52. The van der Waals surface area contributed by atoms with E-state index in [1.165, 1.54) is 0 Å². The molecule has 0 radical (unpaired) electrons. The van der Waals surface area contributed by atoms with Crippen LogP contribution in [0.4, 0.5) is 0 Å². The lowest BCUT2D eigenvalue weighted by molar-refractivity contribution is -0.121. The first-order chi connectivity index (χ1) is 10.7. The Balaban J connectivity index is 0.